The van der Waals surface area contributed by atoms with Crippen LogP contribution < -0.4 is 21.3 Å². The number of phenolic OH excluding ortho intramolecular Hbond substituents is 1. The Morgan fingerprint density at radius 3 is 2.05 bits per heavy atom. The summed E-state index contributed by atoms with van der Waals surface area (Å²) < 4.78 is 0. The highest BCUT2D eigenvalue weighted by Crippen LogP contribution is 2.13. The van der Waals surface area contributed by atoms with Crippen LogP contribution in [-0.2, 0) is 35.2 Å². The van der Waals surface area contributed by atoms with Gasteiger partial charge in [0.2, 0.25) is 23.6 Å². The van der Waals surface area contributed by atoms with E-state index in [1.807, 2.05) is 6.92 Å². The Morgan fingerprint density at radius 2 is 1.54 bits per heavy atom. The van der Waals surface area contributed by atoms with Gasteiger partial charge in [0.25, 0.3) is 0 Å². The van der Waals surface area contributed by atoms with Gasteiger partial charge in [-0.15, -0.1) is 0 Å². The number of carboxylic acids is 1. The average molecular weight is 521 g/mol. The molecule has 37 heavy (non-hydrogen) atoms. The van der Waals surface area contributed by atoms with Crippen molar-refractivity contribution < 1.29 is 39.0 Å². The van der Waals surface area contributed by atoms with E-state index in [-0.39, 0.29) is 24.5 Å². The molecule has 0 spiro atoms. The number of carboxylic acid groups (broad SMARTS) is 1. The molecule has 1 aromatic rings. The van der Waals surface area contributed by atoms with Crippen molar-refractivity contribution >= 4 is 35.9 Å². The van der Waals surface area contributed by atoms with E-state index in [0.717, 1.165) is 0 Å². The second-order valence-corrected chi connectivity index (χ2v) is 8.93. The SMILES string of the molecule is CCC(C)[C@H](NC(=O)[C@H](Cc1ccc(O)cc1)NC(C)=O)C(=O)N[C@@H](C)C(=O)N[C@H](CC=O)CC(=O)O. The molecule has 12 heteroatoms. The Morgan fingerprint density at radius 1 is 0.919 bits per heavy atom. The monoisotopic (exact) mass is 520 g/mol. The molecule has 0 saturated carbocycles. The average Bonchev–Trinajstić information content (AvgIpc) is 2.82. The molecule has 204 valence electrons. The molecule has 0 aliphatic heterocycles. The van der Waals surface area contributed by atoms with E-state index in [1.54, 1.807) is 19.1 Å². The van der Waals surface area contributed by atoms with Crippen LogP contribution in [0.25, 0.3) is 0 Å². The molecule has 0 saturated heterocycles. The Hall–Kier alpha value is -3.96. The first-order valence-electron chi connectivity index (χ1n) is 12.0. The van der Waals surface area contributed by atoms with Crippen molar-refractivity contribution in [3.05, 3.63) is 29.8 Å². The van der Waals surface area contributed by atoms with Crippen LogP contribution in [0, 0.1) is 5.92 Å². The van der Waals surface area contributed by atoms with Crippen LogP contribution in [0.2, 0.25) is 0 Å². The maximum atomic E-state index is 13.1. The van der Waals surface area contributed by atoms with Crippen LogP contribution in [0.3, 0.4) is 0 Å². The summed E-state index contributed by atoms with van der Waals surface area (Å²) >= 11 is 0. The number of hydrogen-bond donors (Lipinski definition) is 6. The topological polar surface area (TPSA) is 191 Å². The first-order valence-corrected chi connectivity index (χ1v) is 12.0. The number of aromatic hydroxyl groups is 1. The van der Waals surface area contributed by atoms with Gasteiger partial charge in [-0.05, 0) is 30.5 Å². The molecule has 4 amide bonds. The van der Waals surface area contributed by atoms with Crippen LogP contribution in [0.1, 0.15) is 52.5 Å². The molecule has 0 heterocycles. The normalized spacial score (nSPS) is 14.7. The molecule has 0 radical (unpaired) electrons. The quantitative estimate of drug-likeness (QED) is 0.174. The Bertz CT molecular complexity index is 966. The Balaban J connectivity index is 2.96. The molecule has 1 rings (SSSR count). The van der Waals surface area contributed by atoms with Gasteiger partial charge in [-0.2, -0.15) is 0 Å². The predicted molar refractivity (Wildman–Crippen MR) is 133 cm³/mol. The number of nitrogens with one attached hydrogen (secondary N) is 4. The molecular weight excluding hydrogens is 484 g/mol. The molecule has 12 nitrogen and oxygen atoms in total. The number of amides is 4. The minimum absolute atomic E-state index is 0.0522. The first-order chi connectivity index (χ1) is 17.4. The lowest BCUT2D eigenvalue weighted by Gasteiger charge is -2.28. The summed E-state index contributed by atoms with van der Waals surface area (Å²) in [5, 5.41) is 28.6. The van der Waals surface area contributed by atoms with Crippen LogP contribution in [0.5, 0.6) is 5.75 Å². The summed E-state index contributed by atoms with van der Waals surface area (Å²) in [5.41, 5.74) is 0.674. The van der Waals surface area contributed by atoms with Crippen molar-refractivity contribution in [2.45, 2.75) is 77.5 Å². The fourth-order valence-corrected chi connectivity index (χ4v) is 3.49. The second-order valence-electron chi connectivity index (χ2n) is 8.93. The third-order valence-electron chi connectivity index (χ3n) is 5.76. The number of rotatable bonds is 15. The summed E-state index contributed by atoms with van der Waals surface area (Å²) in [5.74, 6) is -3.84. The highest BCUT2D eigenvalue weighted by molar-refractivity contribution is 5.94. The molecule has 0 fully saturated rings. The van der Waals surface area contributed by atoms with Gasteiger partial charge in [-0.1, -0.05) is 32.4 Å². The van der Waals surface area contributed by atoms with E-state index in [4.69, 9.17) is 5.11 Å². The van der Waals surface area contributed by atoms with Crippen molar-refractivity contribution in [3.8, 4) is 5.75 Å². The zero-order valence-electron chi connectivity index (χ0n) is 21.4. The summed E-state index contributed by atoms with van der Waals surface area (Å²) in [6.45, 7) is 6.23. The van der Waals surface area contributed by atoms with E-state index in [1.165, 1.54) is 26.0 Å². The Kier molecular flexibility index (Phi) is 12.8. The number of hydrogen-bond acceptors (Lipinski definition) is 7. The number of aldehydes is 1. The fraction of sp³-hybridized carbons (Fsp3) is 0.520. The van der Waals surface area contributed by atoms with Crippen molar-refractivity contribution in [2.24, 2.45) is 5.92 Å². The number of carbonyl (C=O) groups is 6. The lowest BCUT2D eigenvalue weighted by Crippen LogP contribution is -2.58. The van der Waals surface area contributed by atoms with Crippen molar-refractivity contribution in [1.29, 1.82) is 0 Å². The molecule has 1 unspecified atom stereocenters. The van der Waals surface area contributed by atoms with Crippen LogP contribution in [0.4, 0.5) is 0 Å². The highest BCUT2D eigenvalue weighted by Gasteiger charge is 2.31. The smallest absolute Gasteiger partial charge is 0.305 e. The minimum Gasteiger partial charge on any atom is -0.508 e. The number of carbonyl (C=O) groups excluding carboxylic acids is 5. The molecule has 0 aromatic heterocycles. The first kappa shape index (κ1) is 31.1. The number of phenols is 1. The van der Waals surface area contributed by atoms with E-state index in [2.05, 4.69) is 21.3 Å². The summed E-state index contributed by atoms with van der Waals surface area (Å²) in [6.07, 6.45) is 0.468. The van der Waals surface area contributed by atoms with Gasteiger partial charge in [0.15, 0.2) is 0 Å². The third kappa shape index (κ3) is 11.1. The second kappa shape index (κ2) is 15.2. The fourth-order valence-electron chi connectivity index (χ4n) is 3.49. The van der Waals surface area contributed by atoms with Crippen LogP contribution in [-0.4, -0.2) is 70.3 Å². The number of aliphatic carboxylic acids is 1. The Labute approximate surface area is 215 Å². The molecule has 0 aliphatic carbocycles. The predicted octanol–water partition coefficient (Wildman–Crippen LogP) is 0.0235. The zero-order chi connectivity index (χ0) is 28.1. The van der Waals surface area contributed by atoms with Crippen molar-refractivity contribution in [1.82, 2.24) is 21.3 Å². The molecular formula is C25H36N4O8. The van der Waals surface area contributed by atoms with Gasteiger partial charge < -0.3 is 36.3 Å². The molecule has 6 N–H and O–H groups in total. The lowest BCUT2D eigenvalue weighted by molar-refractivity contribution is -0.138. The molecule has 1 aromatic carbocycles. The van der Waals surface area contributed by atoms with Gasteiger partial charge >= 0.3 is 5.97 Å². The van der Waals surface area contributed by atoms with Crippen molar-refractivity contribution in [2.75, 3.05) is 0 Å². The number of benzene rings is 1. The maximum Gasteiger partial charge on any atom is 0.305 e. The van der Waals surface area contributed by atoms with Gasteiger partial charge in [0.05, 0.1) is 6.42 Å². The van der Waals surface area contributed by atoms with Gasteiger partial charge in [0.1, 0.15) is 30.2 Å². The molecule has 0 aliphatic rings. The highest BCUT2D eigenvalue weighted by atomic mass is 16.4. The van der Waals surface area contributed by atoms with E-state index < -0.39 is 60.2 Å². The largest absolute Gasteiger partial charge is 0.508 e. The standard InChI is InChI=1S/C25H36N4O8/c1-5-14(2)22(25(37)26-15(3)23(35)28-18(10-11-30)13-21(33)34)29-24(36)20(27-16(4)31)12-17-6-8-19(32)9-7-17/h6-9,11,14-15,18,20,22,32H,5,10,12-13H2,1-4H3,(H,26,37)(H,27,31)(H,28,35)(H,29,36)(H,33,34)/t14?,15-,18+,20-,22-/m0/s1. The van der Waals surface area contributed by atoms with Gasteiger partial charge in [-0.25, -0.2) is 0 Å². The lowest BCUT2D eigenvalue weighted by atomic mass is 9.96. The van der Waals surface area contributed by atoms with Crippen molar-refractivity contribution in [3.63, 3.8) is 0 Å². The molecule has 0 bridgehead atoms. The van der Waals surface area contributed by atoms with E-state index >= 15 is 0 Å². The molecule has 5 atom stereocenters. The van der Waals surface area contributed by atoms with E-state index in [0.29, 0.717) is 18.3 Å². The summed E-state index contributed by atoms with van der Waals surface area (Å²) in [4.78, 5) is 72.1. The van der Waals surface area contributed by atoms with E-state index in [9.17, 15) is 33.9 Å². The zero-order valence-corrected chi connectivity index (χ0v) is 21.4. The van der Waals surface area contributed by atoms with Gasteiger partial charge in [0, 0.05) is 25.8 Å². The summed E-state index contributed by atoms with van der Waals surface area (Å²) in [6, 6.07) is 2.09. The third-order valence-corrected chi connectivity index (χ3v) is 5.76. The van der Waals surface area contributed by atoms with Gasteiger partial charge in [-0.3, -0.25) is 24.0 Å². The summed E-state index contributed by atoms with van der Waals surface area (Å²) in [7, 11) is 0. The minimum atomic E-state index is -1.19. The van der Waals surface area contributed by atoms with Crippen LogP contribution in [0.15, 0.2) is 24.3 Å². The maximum absolute atomic E-state index is 13.1. The van der Waals surface area contributed by atoms with Crippen LogP contribution >= 0.6 is 0 Å².